The minimum atomic E-state index is -2.52. The molecule has 0 saturated carbocycles. The third kappa shape index (κ3) is 3.09. The van der Waals surface area contributed by atoms with Crippen molar-refractivity contribution >= 4 is 15.9 Å². The van der Waals surface area contributed by atoms with Crippen molar-refractivity contribution in [2.75, 3.05) is 0 Å². The van der Waals surface area contributed by atoms with Gasteiger partial charge in [-0.25, -0.2) is 17.6 Å². The van der Waals surface area contributed by atoms with Gasteiger partial charge in [0.25, 0.3) is 5.85 Å². The summed E-state index contributed by atoms with van der Waals surface area (Å²) in [7, 11) is 0. The summed E-state index contributed by atoms with van der Waals surface area (Å²) >= 11 is 3.04. The molecule has 2 aliphatic rings. The molecule has 1 aliphatic carbocycles. The highest BCUT2D eigenvalue weighted by molar-refractivity contribution is 9.11. The Balaban J connectivity index is 1.83. The summed E-state index contributed by atoms with van der Waals surface area (Å²) in [5, 5.41) is 0. The fraction of sp³-hybridized carbons (Fsp3) is 0.375. The van der Waals surface area contributed by atoms with Gasteiger partial charge in [-0.15, -0.1) is 0 Å². The standard InChI is InChI=1S/C16H13BrF4O2/c1-8-15(23-8)14-11(19)4-5-13(17)16(14,21)22-7-9-2-3-10(18)6-12(9)20/h2-6,8,14-15H,7H2,1H3. The molecular weight excluding hydrogens is 380 g/mol. The Kier molecular flexibility index (Phi) is 4.37. The maximum Gasteiger partial charge on any atom is 0.254 e. The van der Waals surface area contributed by atoms with Crippen LogP contribution >= 0.6 is 15.9 Å². The van der Waals surface area contributed by atoms with Crippen LogP contribution in [0.2, 0.25) is 0 Å². The number of allylic oxidation sites excluding steroid dienone is 2. The molecule has 4 unspecified atom stereocenters. The van der Waals surface area contributed by atoms with Gasteiger partial charge < -0.3 is 9.47 Å². The maximum atomic E-state index is 15.3. The highest BCUT2D eigenvalue weighted by Crippen LogP contribution is 2.50. The number of hydrogen-bond acceptors (Lipinski definition) is 2. The molecule has 4 atom stereocenters. The first-order chi connectivity index (χ1) is 10.8. The van der Waals surface area contributed by atoms with Gasteiger partial charge in [-0.2, -0.15) is 0 Å². The van der Waals surface area contributed by atoms with Crippen LogP contribution in [0.4, 0.5) is 17.6 Å². The molecule has 0 N–H and O–H groups in total. The number of alkyl halides is 1. The number of epoxide rings is 1. The molecule has 0 spiro atoms. The third-order valence-corrected chi connectivity index (χ3v) is 4.76. The minimum absolute atomic E-state index is 0.0124. The summed E-state index contributed by atoms with van der Waals surface area (Å²) in [6.45, 7) is 1.22. The number of rotatable bonds is 4. The summed E-state index contributed by atoms with van der Waals surface area (Å²) in [4.78, 5) is 0. The van der Waals surface area contributed by atoms with Gasteiger partial charge >= 0.3 is 0 Å². The van der Waals surface area contributed by atoms with Crippen LogP contribution in [0.25, 0.3) is 0 Å². The van der Waals surface area contributed by atoms with E-state index in [1.807, 2.05) is 0 Å². The van der Waals surface area contributed by atoms with Crippen LogP contribution in [0, 0.1) is 17.6 Å². The zero-order chi connectivity index (χ0) is 16.8. The van der Waals surface area contributed by atoms with Crippen LogP contribution in [0.15, 0.2) is 40.7 Å². The molecule has 1 aliphatic heterocycles. The Hall–Kier alpha value is -1.18. The van der Waals surface area contributed by atoms with Crippen LogP contribution in [0.1, 0.15) is 12.5 Å². The summed E-state index contributed by atoms with van der Waals surface area (Å²) in [6, 6.07) is 2.88. The Morgan fingerprint density at radius 3 is 2.57 bits per heavy atom. The molecular formula is C16H13BrF4O2. The van der Waals surface area contributed by atoms with E-state index in [1.54, 1.807) is 6.92 Å². The van der Waals surface area contributed by atoms with Crippen LogP contribution in [-0.4, -0.2) is 18.1 Å². The first-order valence-electron chi connectivity index (χ1n) is 6.98. The van der Waals surface area contributed by atoms with Crippen molar-refractivity contribution in [3.8, 4) is 0 Å². The second kappa shape index (κ2) is 6.03. The van der Waals surface area contributed by atoms with E-state index in [4.69, 9.17) is 9.47 Å². The maximum absolute atomic E-state index is 15.3. The van der Waals surface area contributed by atoms with Crippen molar-refractivity contribution in [2.24, 2.45) is 5.92 Å². The lowest BCUT2D eigenvalue weighted by Gasteiger charge is -2.34. The average molecular weight is 393 g/mol. The van der Waals surface area contributed by atoms with E-state index >= 15 is 4.39 Å². The van der Waals surface area contributed by atoms with Gasteiger partial charge in [0.15, 0.2) is 0 Å². The van der Waals surface area contributed by atoms with Gasteiger partial charge in [0.2, 0.25) is 0 Å². The fourth-order valence-corrected chi connectivity index (χ4v) is 3.09. The predicted octanol–water partition coefficient (Wildman–Crippen LogP) is 4.70. The molecule has 3 rings (SSSR count). The average Bonchev–Trinajstić information content (AvgIpc) is 3.19. The lowest BCUT2D eigenvalue weighted by molar-refractivity contribution is -0.157. The predicted molar refractivity (Wildman–Crippen MR) is 79.0 cm³/mol. The molecule has 1 heterocycles. The van der Waals surface area contributed by atoms with E-state index in [1.165, 1.54) is 6.08 Å². The van der Waals surface area contributed by atoms with Crippen molar-refractivity contribution in [1.29, 1.82) is 0 Å². The summed E-state index contributed by atoms with van der Waals surface area (Å²) in [5.74, 6) is -6.10. The highest BCUT2D eigenvalue weighted by Gasteiger charge is 2.58. The molecule has 23 heavy (non-hydrogen) atoms. The number of benzene rings is 1. The van der Waals surface area contributed by atoms with Crippen LogP contribution in [0.5, 0.6) is 0 Å². The fourth-order valence-electron chi connectivity index (χ4n) is 2.60. The van der Waals surface area contributed by atoms with E-state index in [-0.39, 0.29) is 16.1 Å². The van der Waals surface area contributed by atoms with Gasteiger partial charge in [-0.05, 0) is 41.1 Å². The van der Waals surface area contributed by atoms with Gasteiger partial charge in [0, 0.05) is 11.6 Å². The number of ether oxygens (including phenoxy) is 2. The zero-order valence-corrected chi connectivity index (χ0v) is 13.6. The molecule has 0 amide bonds. The largest absolute Gasteiger partial charge is 0.369 e. The minimum Gasteiger partial charge on any atom is -0.369 e. The summed E-state index contributed by atoms with van der Waals surface area (Å²) in [6.07, 6.45) is 1.40. The monoisotopic (exact) mass is 392 g/mol. The second-order valence-electron chi connectivity index (χ2n) is 5.52. The third-order valence-electron chi connectivity index (χ3n) is 3.95. The highest BCUT2D eigenvalue weighted by atomic mass is 79.9. The van der Waals surface area contributed by atoms with Gasteiger partial charge in [-0.3, -0.25) is 0 Å². The molecule has 7 heteroatoms. The van der Waals surface area contributed by atoms with Crippen molar-refractivity contribution in [2.45, 2.75) is 31.6 Å². The van der Waals surface area contributed by atoms with Gasteiger partial charge in [-0.1, -0.05) is 6.07 Å². The lowest BCUT2D eigenvalue weighted by Crippen LogP contribution is -2.42. The quantitative estimate of drug-likeness (QED) is 0.547. The number of hydrogen-bond donors (Lipinski definition) is 0. The first-order valence-corrected chi connectivity index (χ1v) is 7.78. The van der Waals surface area contributed by atoms with Gasteiger partial charge in [0.05, 0.1) is 23.3 Å². The molecule has 124 valence electrons. The molecule has 1 fully saturated rings. The van der Waals surface area contributed by atoms with Crippen LogP contribution in [-0.2, 0) is 16.1 Å². The lowest BCUT2D eigenvalue weighted by atomic mass is 9.89. The number of halogens is 5. The topological polar surface area (TPSA) is 21.8 Å². The SMILES string of the molecule is CC1OC1C1C(F)=CC=C(Br)C1(F)OCc1ccc(F)cc1F. The van der Waals surface area contributed by atoms with E-state index in [0.717, 1.165) is 18.2 Å². The van der Waals surface area contributed by atoms with E-state index in [9.17, 15) is 13.2 Å². The summed E-state index contributed by atoms with van der Waals surface area (Å²) in [5.41, 5.74) is -0.0257. The Morgan fingerprint density at radius 2 is 1.96 bits per heavy atom. The van der Waals surface area contributed by atoms with Crippen molar-refractivity contribution in [3.63, 3.8) is 0 Å². The van der Waals surface area contributed by atoms with Crippen LogP contribution < -0.4 is 0 Å². The Morgan fingerprint density at radius 1 is 1.26 bits per heavy atom. The molecule has 0 bridgehead atoms. The van der Waals surface area contributed by atoms with E-state index in [2.05, 4.69) is 15.9 Å². The molecule has 2 nitrogen and oxygen atoms in total. The van der Waals surface area contributed by atoms with Crippen molar-refractivity contribution in [3.05, 3.63) is 57.9 Å². The molecule has 0 radical (unpaired) electrons. The Bertz CT molecular complexity index is 691. The van der Waals surface area contributed by atoms with Crippen LogP contribution in [0.3, 0.4) is 0 Å². The van der Waals surface area contributed by atoms with Crippen molar-refractivity contribution in [1.82, 2.24) is 0 Å². The molecule has 1 saturated heterocycles. The molecule has 1 aromatic rings. The summed E-state index contributed by atoms with van der Waals surface area (Å²) < 4.78 is 66.4. The van der Waals surface area contributed by atoms with Gasteiger partial charge in [0.1, 0.15) is 23.4 Å². The first kappa shape index (κ1) is 16.7. The molecule has 1 aromatic carbocycles. The Labute approximate surface area is 138 Å². The normalized spacial score (nSPS) is 33.2. The van der Waals surface area contributed by atoms with Crippen molar-refractivity contribution < 1.29 is 27.0 Å². The van der Waals surface area contributed by atoms with E-state index in [0.29, 0.717) is 6.07 Å². The smallest absolute Gasteiger partial charge is 0.254 e. The zero-order valence-electron chi connectivity index (χ0n) is 12.0. The van der Waals surface area contributed by atoms with E-state index < -0.39 is 41.9 Å². The second-order valence-corrected chi connectivity index (χ2v) is 6.37. The molecule has 0 aromatic heterocycles.